The largest absolute Gasteiger partial charge is 0.383 e. The van der Waals surface area contributed by atoms with E-state index in [0.717, 1.165) is 0 Å². The molecule has 0 spiro atoms. The number of benzene rings is 2. The Hall–Kier alpha value is -2.69. The summed E-state index contributed by atoms with van der Waals surface area (Å²) in [5, 5.41) is 6.33. The Morgan fingerprint density at radius 3 is 2.57 bits per heavy atom. The van der Waals surface area contributed by atoms with Crippen molar-refractivity contribution in [3.8, 4) is 0 Å². The number of carbonyl (C=O) groups is 1. The Morgan fingerprint density at radius 2 is 1.86 bits per heavy atom. The lowest BCUT2D eigenvalue weighted by Crippen LogP contribution is -2.26. The van der Waals surface area contributed by atoms with Crippen LogP contribution in [0.25, 0.3) is 0 Å². The molecule has 2 aromatic rings. The topological polar surface area (TPSA) is 50.7 Å². The van der Waals surface area contributed by atoms with Gasteiger partial charge in [-0.25, -0.2) is 4.39 Å². The molecule has 0 heterocycles. The van der Waals surface area contributed by atoms with E-state index in [-0.39, 0.29) is 5.91 Å². The highest BCUT2D eigenvalue weighted by atomic mass is 19.1. The third kappa shape index (κ3) is 4.42. The van der Waals surface area contributed by atoms with Crippen molar-refractivity contribution in [3.05, 3.63) is 66.0 Å². The maximum Gasteiger partial charge on any atom is 0.267 e. The van der Waals surface area contributed by atoms with E-state index in [1.165, 1.54) is 12.3 Å². The van der Waals surface area contributed by atoms with Crippen LogP contribution in [0.15, 0.2) is 59.8 Å². The van der Waals surface area contributed by atoms with Crippen molar-refractivity contribution in [1.29, 1.82) is 0 Å². The minimum absolute atomic E-state index is 0.299. The molecule has 0 radical (unpaired) electrons. The monoisotopic (exact) mass is 286 g/mol. The third-order valence-electron chi connectivity index (χ3n) is 2.73. The molecule has 0 unspecified atom stereocenters. The van der Waals surface area contributed by atoms with Gasteiger partial charge >= 0.3 is 0 Å². The number of hydrogen-bond acceptors (Lipinski definition) is 3. The van der Waals surface area contributed by atoms with E-state index in [9.17, 15) is 9.18 Å². The molecule has 0 bridgehead atoms. The maximum absolute atomic E-state index is 13.3. The number of nitrogens with zero attached hydrogens (tertiary/aromatic N) is 1. The smallest absolute Gasteiger partial charge is 0.267 e. The van der Waals surface area contributed by atoms with E-state index in [4.69, 9.17) is 4.84 Å². The molecular formula is C16H15FN2O2. The minimum atomic E-state index is -0.784. The van der Waals surface area contributed by atoms with Crippen molar-refractivity contribution in [3.63, 3.8) is 0 Å². The molecule has 0 aliphatic rings. The van der Waals surface area contributed by atoms with Crippen LogP contribution in [-0.4, -0.2) is 18.2 Å². The fraction of sp³-hybridized carbons (Fsp3) is 0.125. The number of anilines is 1. The molecule has 0 saturated carbocycles. The lowest BCUT2D eigenvalue weighted by molar-refractivity contribution is -0.126. The molecule has 0 aliphatic heterocycles. The summed E-state index contributed by atoms with van der Waals surface area (Å²) in [6, 6.07) is 15.2. The summed E-state index contributed by atoms with van der Waals surface area (Å²) in [7, 11) is 0. The van der Waals surface area contributed by atoms with Crippen LogP contribution in [0.4, 0.5) is 10.1 Å². The summed E-state index contributed by atoms with van der Waals surface area (Å²) in [6.45, 7) is 1.57. The molecule has 0 fully saturated rings. The maximum atomic E-state index is 13.3. The Morgan fingerprint density at radius 1 is 1.19 bits per heavy atom. The Balaban J connectivity index is 1.88. The Bertz CT molecular complexity index is 629. The summed E-state index contributed by atoms with van der Waals surface area (Å²) in [4.78, 5) is 16.9. The lowest BCUT2D eigenvalue weighted by atomic mass is 10.2. The number of rotatable bonds is 5. The molecule has 1 N–H and O–H groups in total. The number of halogens is 1. The van der Waals surface area contributed by atoms with Gasteiger partial charge in [0.05, 0.1) is 6.21 Å². The average Bonchev–Trinajstić information content (AvgIpc) is 2.50. The van der Waals surface area contributed by atoms with Crippen LogP contribution < -0.4 is 5.32 Å². The SMILES string of the molecule is C[C@@H](O/N=C\c1ccccc1F)C(=O)Nc1ccccc1. The highest BCUT2D eigenvalue weighted by molar-refractivity contribution is 5.93. The van der Waals surface area contributed by atoms with Crippen LogP contribution in [0.2, 0.25) is 0 Å². The molecule has 1 amide bonds. The Kier molecular flexibility index (Phi) is 5.04. The first-order valence-corrected chi connectivity index (χ1v) is 6.46. The van der Waals surface area contributed by atoms with Crippen molar-refractivity contribution in [1.82, 2.24) is 0 Å². The molecule has 5 heteroatoms. The second-order valence-electron chi connectivity index (χ2n) is 4.36. The molecule has 21 heavy (non-hydrogen) atoms. The van der Waals surface area contributed by atoms with E-state index in [2.05, 4.69) is 10.5 Å². The number of amides is 1. The number of carbonyl (C=O) groups excluding carboxylic acids is 1. The quantitative estimate of drug-likeness (QED) is 0.678. The van der Waals surface area contributed by atoms with Gasteiger partial charge in [0.15, 0.2) is 0 Å². The summed E-state index contributed by atoms with van der Waals surface area (Å²) in [6.07, 6.45) is 0.454. The number of hydrogen-bond donors (Lipinski definition) is 1. The van der Waals surface area contributed by atoms with Crippen LogP contribution >= 0.6 is 0 Å². The zero-order valence-corrected chi connectivity index (χ0v) is 11.5. The fourth-order valence-electron chi connectivity index (χ4n) is 1.57. The van der Waals surface area contributed by atoms with Crippen molar-refractivity contribution >= 4 is 17.8 Å². The van der Waals surface area contributed by atoms with Crippen molar-refractivity contribution in [2.45, 2.75) is 13.0 Å². The van der Waals surface area contributed by atoms with E-state index in [0.29, 0.717) is 11.3 Å². The van der Waals surface area contributed by atoms with E-state index in [1.54, 1.807) is 37.3 Å². The van der Waals surface area contributed by atoms with Gasteiger partial charge in [0.2, 0.25) is 6.10 Å². The van der Waals surface area contributed by atoms with Gasteiger partial charge in [0.25, 0.3) is 5.91 Å². The van der Waals surface area contributed by atoms with Gasteiger partial charge in [0.1, 0.15) is 5.82 Å². The van der Waals surface area contributed by atoms with Gasteiger partial charge in [-0.15, -0.1) is 0 Å². The molecular weight excluding hydrogens is 271 g/mol. The number of oxime groups is 1. The normalized spacial score (nSPS) is 12.1. The summed E-state index contributed by atoms with van der Waals surface area (Å²) >= 11 is 0. The van der Waals surface area contributed by atoms with Gasteiger partial charge in [-0.05, 0) is 25.1 Å². The second-order valence-corrected chi connectivity index (χ2v) is 4.36. The van der Waals surface area contributed by atoms with Crippen LogP contribution in [0.5, 0.6) is 0 Å². The third-order valence-corrected chi connectivity index (χ3v) is 2.73. The first-order valence-electron chi connectivity index (χ1n) is 6.46. The molecule has 0 saturated heterocycles. The number of para-hydroxylation sites is 1. The molecule has 108 valence electrons. The van der Waals surface area contributed by atoms with Gasteiger partial charge in [-0.3, -0.25) is 4.79 Å². The highest BCUT2D eigenvalue weighted by Crippen LogP contribution is 2.07. The van der Waals surface area contributed by atoms with Crippen molar-refractivity contribution in [2.75, 3.05) is 5.32 Å². The summed E-state index contributed by atoms with van der Waals surface area (Å²) in [5.41, 5.74) is 0.976. The van der Waals surface area contributed by atoms with Crippen LogP contribution in [0, 0.1) is 5.82 Å². The van der Waals surface area contributed by atoms with Crippen molar-refractivity contribution < 1.29 is 14.0 Å². The molecule has 2 rings (SSSR count). The fourth-order valence-corrected chi connectivity index (χ4v) is 1.57. The zero-order valence-electron chi connectivity index (χ0n) is 11.5. The van der Waals surface area contributed by atoms with Crippen molar-refractivity contribution in [2.24, 2.45) is 5.16 Å². The molecule has 1 atom stereocenters. The van der Waals surface area contributed by atoms with E-state index >= 15 is 0 Å². The predicted molar refractivity (Wildman–Crippen MR) is 79.6 cm³/mol. The second kappa shape index (κ2) is 7.19. The van der Waals surface area contributed by atoms with Gasteiger partial charge in [-0.2, -0.15) is 0 Å². The zero-order chi connectivity index (χ0) is 15.1. The molecule has 4 nitrogen and oxygen atoms in total. The molecule has 0 aromatic heterocycles. The standard InChI is InChI=1S/C16H15FN2O2/c1-12(16(20)19-14-8-3-2-4-9-14)21-18-11-13-7-5-6-10-15(13)17/h2-12H,1H3,(H,19,20)/b18-11-/t12-/m1/s1. The summed E-state index contributed by atoms with van der Waals surface area (Å²) < 4.78 is 13.3. The molecule has 2 aromatic carbocycles. The van der Waals surface area contributed by atoms with Crippen LogP contribution in [0.3, 0.4) is 0 Å². The van der Waals surface area contributed by atoms with Gasteiger partial charge in [-0.1, -0.05) is 41.6 Å². The van der Waals surface area contributed by atoms with E-state index < -0.39 is 11.9 Å². The molecule has 0 aliphatic carbocycles. The van der Waals surface area contributed by atoms with E-state index in [1.807, 2.05) is 18.2 Å². The predicted octanol–water partition coefficient (Wildman–Crippen LogP) is 3.20. The van der Waals surface area contributed by atoms with Crippen LogP contribution in [-0.2, 0) is 9.63 Å². The first-order chi connectivity index (χ1) is 10.2. The lowest BCUT2D eigenvalue weighted by Gasteiger charge is -2.10. The Labute approximate surface area is 122 Å². The first kappa shape index (κ1) is 14.7. The summed E-state index contributed by atoms with van der Waals surface area (Å²) in [5.74, 6) is -0.724. The van der Waals surface area contributed by atoms with Crippen LogP contribution in [0.1, 0.15) is 12.5 Å². The highest BCUT2D eigenvalue weighted by Gasteiger charge is 2.13. The number of nitrogens with one attached hydrogen (secondary N) is 1. The average molecular weight is 286 g/mol. The van der Waals surface area contributed by atoms with Gasteiger partial charge < -0.3 is 10.2 Å². The van der Waals surface area contributed by atoms with Gasteiger partial charge in [0, 0.05) is 11.3 Å². The minimum Gasteiger partial charge on any atom is -0.383 e.